The second kappa shape index (κ2) is 3.29. The Labute approximate surface area is 96.7 Å². The fraction of sp³-hybridized carbons (Fsp3) is 0.333. The lowest BCUT2D eigenvalue weighted by atomic mass is 10.2. The third kappa shape index (κ3) is 1.50. The molecular weight excluding hydrogens is 223 g/mol. The zero-order valence-electron chi connectivity index (χ0n) is 9.27. The number of imidazole rings is 1. The number of hydrogen-bond donors (Lipinski definition) is 1. The molecular formula is C12H11FN2O2. The molecule has 1 heterocycles. The van der Waals surface area contributed by atoms with Crippen LogP contribution in [0.15, 0.2) is 12.1 Å². The molecule has 1 saturated carbocycles. The zero-order valence-corrected chi connectivity index (χ0v) is 9.27. The summed E-state index contributed by atoms with van der Waals surface area (Å²) in [5.41, 5.74) is 1.61. The van der Waals surface area contributed by atoms with Gasteiger partial charge in [0.1, 0.15) is 5.82 Å². The molecule has 1 N–H and O–H groups in total. The van der Waals surface area contributed by atoms with Gasteiger partial charge in [-0.05, 0) is 31.4 Å². The minimum Gasteiger partial charge on any atom is -0.475 e. The lowest BCUT2D eigenvalue weighted by molar-refractivity contribution is 0.0678. The zero-order chi connectivity index (χ0) is 12.2. The smallest absolute Gasteiger partial charge is 0.372 e. The van der Waals surface area contributed by atoms with Gasteiger partial charge in [-0.2, -0.15) is 0 Å². The van der Waals surface area contributed by atoms with Crippen molar-refractivity contribution < 1.29 is 14.3 Å². The molecule has 17 heavy (non-hydrogen) atoms. The molecule has 0 atom stereocenters. The Bertz CT molecular complexity index is 629. The van der Waals surface area contributed by atoms with Crippen molar-refractivity contribution in [2.75, 3.05) is 0 Å². The van der Waals surface area contributed by atoms with Gasteiger partial charge in [-0.1, -0.05) is 0 Å². The summed E-state index contributed by atoms with van der Waals surface area (Å²) in [6.45, 7) is 1.64. The Balaban J connectivity index is 2.34. The van der Waals surface area contributed by atoms with Gasteiger partial charge in [0.15, 0.2) is 0 Å². The van der Waals surface area contributed by atoms with Gasteiger partial charge in [0, 0.05) is 12.1 Å². The Morgan fingerprint density at radius 3 is 2.82 bits per heavy atom. The first kappa shape index (κ1) is 10.3. The first-order valence-corrected chi connectivity index (χ1v) is 5.49. The van der Waals surface area contributed by atoms with E-state index in [-0.39, 0.29) is 17.7 Å². The van der Waals surface area contributed by atoms with Gasteiger partial charge in [-0.3, -0.25) is 0 Å². The van der Waals surface area contributed by atoms with E-state index in [9.17, 15) is 9.18 Å². The predicted molar refractivity (Wildman–Crippen MR) is 59.7 cm³/mol. The van der Waals surface area contributed by atoms with E-state index in [0.717, 1.165) is 12.8 Å². The van der Waals surface area contributed by atoms with Crippen LogP contribution in [0, 0.1) is 12.7 Å². The predicted octanol–water partition coefficient (Wildman–Crippen LogP) is 2.52. The van der Waals surface area contributed by atoms with Crippen LogP contribution in [0.2, 0.25) is 0 Å². The molecule has 88 valence electrons. The van der Waals surface area contributed by atoms with Gasteiger partial charge in [-0.25, -0.2) is 14.2 Å². The highest BCUT2D eigenvalue weighted by atomic mass is 19.1. The van der Waals surface area contributed by atoms with E-state index in [0.29, 0.717) is 16.6 Å². The summed E-state index contributed by atoms with van der Waals surface area (Å²) in [6, 6.07) is 3.13. The largest absolute Gasteiger partial charge is 0.475 e. The van der Waals surface area contributed by atoms with Crippen LogP contribution in [0.5, 0.6) is 0 Å². The Kier molecular flexibility index (Phi) is 1.98. The van der Waals surface area contributed by atoms with Gasteiger partial charge in [-0.15, -0.1) is 0 Å². The Hall–Kier alpha value is -1.91. The lowest BCUT2D eigenvalue weighted by Gasteiger charge is -2.04. The summed E-state index contributed by atoms with van der Waals surface area (Å²) >= 11 is 0. The third-order valence-corrected chi connectivity index (χ3v) is 3.07. The van der Waals surface area contributed by atoms with Gasteiger partial charge in [0.25, 0.3) is 0 Å². The van der Waals surface area contributed by atoms with Crippen molar-refractivity contribution in [1.82, 2.24) is 9.55 Å². The second-order valence-electron chi connectivity index (χ2n) is 4.43. The maximum Gasteiger partial charge on any atom is 0.372 e. The standard InChI is InChI=1S/C12H11FN2O2/c1-6-4-9-10(5-8(6)13)15(7-2-3-7)11(14-9)12(16)17/h4-5,7H,2-3H2,1H3,(H,16,17). The summed E-state index contributed by atoms with van der Waals surface area (Å²) in [5.74, 6) is -1.38. The maximum atomic E-state index is 13.5. The summed E-state index contributed by atoms with van der Waals surface area (Å²) < 4.78 is 15.2. The number of aromatic nitrogens is 2. The van der Waals surface area contributed by atoms with Crippen LogP contribution in [0.4, 0.5) is 4.39 Å². The molecule has 3 rings (SSSR count). The van der Waals surface area contributed by atoms with E-state index in [4.69, 9.17) is 5.11 Å². The first-order valence-electron chi connectivity index (χ1n) is 5.49. The molecule has 4 nitrogen and oxygen atoms in total. The number of rotatable bonds is 2. The van der Waals surface area contributed by atoms with E-state index in [1.807, 2.05) is 0 Å². The minimum absolute atomic E-state index is 0.00694. The molecule has 1 aromatic carbocycles. The molecule has 0 unspecified atom stereocenters. The second-order valence-corrected chi connectivity index (χ2v) is 4.43. The van der Waals surface area contributed by atoms with Gasteiger partial charge in [0.05, 0.1) is 11.0 Å². The summed E-state index contributed by atoms with van der Waals surface area (Å²) in [4.78, 5) is 15.2. The average molecular weight is 234 g/mol. The van der Waals surface area contributed by atoms with Gasteiger partial charge in [0.2, 0.25) is 5.82 Å². The number of halogens is 1. The van der Waals surface area contributed by atoms with Crippen LogP contribution >= 0.6 is 0 Å². The Morgan fingerprint density at radius 1 is 1.53 bits per heavy atom. The third-order valence-electron chi connectivity index (χ3n) is 3.07. The van der Waals surface area contributed by atoms with Crippen molar-refractivity contribution >= 4 is 17.0 Å². The SMILES string of the molecule is Cc1cc2nc(C(=O)O)n(C3CC3)c2cc1F. The fourth-order valence-corrected chi connectivity index (χ4v) is 2.07. The number of nitrogens with zero attached hydrogens (tertiary/aromatic N) is 2. The molecule has 1 aliphatic carbocycles. The molecule has 2 aromatic rings. The number of carboxylic acids is 1. The molecule has 0 spiro atoms. The quantitative estimate of drug-likeness (QED) is 0.868. The Morgan fingerprint density at radius 2 is 2.24 bits per heavy atom. The minimum atomic E-state index is -1.06. The molecule has 0 bridgehead atoms. The number of carbonyl (C=O) groups is 1. The fourth-order valence-electron chi connectivity index (χ4n) is 2.07. The highest BCUT2D eigenvalue weighted by molar-refractivity contribution is 5.90. The van der Waals surface area contributed by atoms with Crippen LogP contribution in [-0.2, 0) is 0 Å². The molecule has 0 radical (unpaired) electrons. The average Bonchev–Trinajstić information content (AvgIpc) is 3.02. The molecule has 1 aromatic heterocycles. The van der Waals surface area contributed by atoms with Crippen molar-refractivity contribution in [3.8, 4) is 0 Å². The number of aromatic carboxylic acids is 1. The van der Waals surface area contributed by atoms with E-state index in [1.165, 1.54) is 6.07 Å². The number of benzene rings is 1. The lowest BCUT2D eigenvalue weighted by Crippen LogP contribution is -2.08. The van der Waals surface area contributed by atoms with Gasteiger partial charge < -0.3 is 9.67 Å². The molecule has 1 aliphatic rings. The molecule has 0 aliphatic heterocycles. The summed E-state index contributed by atoms with van der Waals surface area (Å²) in [7, 11) is 0. The van der Waals surface area contributed by atoms with Crippen molar-refractivity contribution in [1.29, 1.82) is 0 Å². The summed E-state index contributed by atoms with van der Waals surface area (Å²) in [5, 5.41) is 9.10. The van der Waals surface area contributed by atoms with Crippen LogP contribution in [0.1, 0.15) is 35.1 Å². The number of carboxylic acid groups (broad SMARTS) is 1. The highest BCUT2D eigenvalue weighted by Gasteiger charge is 2.30. The number of aryl methyl sites for hydroxylation is 1. The van der Waals surface area contributed by atoms with Crippen molar-refractivity contribution in [3.05, 3.63) is 29.3 Å². The highest BCUT2D eigenvalue weighted by Crippen LogP contribution is 2.39. The van der Waals surface area contributed by atoms with Crippen molar-refractivity contribution in [2.24, 2.45) is 0 Å². The van der Waals surface area contributed by atoms with E-state index < -0.39 is 5.97 Å². The summed E-state index contributed by atoms with van der Waals surface area (Å²) in [6.07, 6.45) is 1.86. The van der Waals surface area contributed by atoms with Crippen LogP contribution in [0.25, 0.3) is 11.0 Å². The van der Waals surface area contributed by atoms with Gasteiger partial charge >= 0.3 is 5.97 Å². The van der Waals surface area contributed by atoms with E-state index >= 15 is 0 Å². The van der Waals surface area contributed by atoms with Crippen LogP contribution in [-0.4, -0.2) is 20.6 Å². The van der Waals surface area contributed by atoms with Crippen LogP contribution < -0.4 is 0 Å². The molecule has 0 amide bonds. The van der Waals surface area contributed by atoms with Crippen LogP contribution in [0.3, 0.4) is 0 Å². The van der Waals surface area contributed by atoms with Crippen molar-refractivity contribution in [2.45, 2.75) is 25.8 Å². The first-order chi connectivity index (χ1) is 8.08. The van der Waals surface area contributed by atoms with E-state index in [2.05, 4.69) is 4.98 Å². The number of fused-ring (bicyclic) bond motifs is 1. The molecule has 5 heteroatoms. The van der Waals surface area contributed by atoms with Crippen molar-refractivity contribution in [3.63, 3.8) is 0 Å². The topological polar surface area (TPSA) is 55.1 Å². The maximum absolute atomic E-state index is 13.5. The molecule has 1 fully saturated rings. The normalized spacial score (nSPS) is 15.4. The molecule has 0 saturated heterocycles. The number of hydrogen-bond acceptors (Lipinski definition) is 2. The monoisotopic (exact) mass is 234 g/mol. The van der Waals surface area contributed by atoms with E-state index in [1.54, 1.807) is 17.6 Å².